The van der Waals surface area contributed by atoms with Gasteiger partial charge in [0.1, 0.15) is 0 Å². The number of Topliss-reactive ketones (excluding diaryl/α,β-unsaturated/α-hetero) is 1. The van der Waals surface area contributed by atoms with Crippen molar-refractivity contribution < 1.29 is 14.3 Å². The third-order valence-electron chi connectivity index (χ3n) is 2.19. The molecule has 1 aromatic carbocycles. The van der Waals surface area contributed by atoms with Gasteiger partial charge in [-0.05, 0) is 18.9 Å². The van der Waals surface area contributed by atoms with E-state index in [1.807, 2.05) is 18.2 Å². The van der Waals surface area contributed by atoms with Crippen LogP contribution in [0.25, 0.3) is 0 Å². The highest BCUT2D eigenvalue weighted by Gasteiger charge is 2.04. The van der Waals surface area contributed by atoms with Crippen LogP contribution in [0.1, 0.15) is 22.8 Å². The molecular formula is C13H14O3. The molecule has 84 valence electrons. The summed E-state index contributed by atoms with van der Waals surface area (Å²) in [6.45, 7) is 1.53. The van der Waals surface area contributed by atoms with E-state index in [0.717, 1.165) is 5.56 Å². The Labute approximate surface area is 94.7 Å². The number of methoxy groups -OCH3 is 1. The summed E-state index contributed by atoms with van der Waals surface area (Å²) in [5.41, 5.74) is 1.60. The second-order valence-corrected chi connectivity index (χ2v) is 3.34. The van der Waals surface area contributed by atoms with Gasteiger partial charge in [-0.15, -0.1) is 0 Å². The lowest BCUT2D eigenvalue weighted by atomic mass is 10.0. The standard InChI is InChI=1S/C13H14O3/c1-10(14)12-8-4-3-6-11(12)7-5-9-13(15)16-2/h3-6,8-9H,7H2,1-2H3/b9-5+. The molecule has 0 saturated carbocycles. The quantitative estimate of drug-likeness (QED) is 0.442. The van der Waals surface area contributed by atoms with Crippen molar-refractivity contribution in [3.8, 4) is 0 Å². The van der Waals surface area contributed by atoms with E-state index >= 15 is 0 Å². The van der Waals surface area contributed by atoms with E-state index in [0.29, 0.717) is 12.0 Å². The molecule has 0 fully saturated rings. The molecule has 0 aliphatic heterocycles. The van der Waals surface area contributed by atoms with Crippen LogP contribution in [-0.2, 0) is 16.0 Å². The molecule has 1 aromatic rings. The van der Waals surface area contributed by atoms with Crippen molar-refractivity contribution in [2.45, 2.75) is 13.3 Å². The van der Waals surface area contributed by atoms with Gasteiger partial charge in [0.2, 0.25) is 0 Å². The highest BCUT2D eigenvalue weighted by atomic mass is 16.5. The lowest BCUT2D eigenvalue weighted by Crippen LogP contribution is -1.99. The van der Waals surface area contributed by atoms with Crippen molar-refractivity contribution in [1.29, 1.82) is 0 Å². The smallest absolute Gasteiger partial charge is 0.330 e. The Morgan fingerprint density at radius 2 is 2.00 bits per heavy atom. The Kier molecular flexibility index (Phi) is 4.45. The Hall–Kier alpha value is -1.90. The Morgan fingerprint density at radius 3 is 2.62 bits per heavy atom. The lowest BCUT2D eigenvalue weighted by molar-refractivity contribution is -0.134. The van der Waals surface area contributed by atoms with Crippen LogP contribution >= 0.6 is 0 Å². The van der Waals surface area contributed by atoms with Crippen molar-refractivity contribution in [1.82, 2.24) is 0 Å². The summed E-state index contributed by atoms with van der Waals surface area (Å²) < 4.78 is 4.47. The first-order chi connectivity index (χ1) is 7.65. The first kappa shape index (κ1) is 12.2. The normalized spacial score (nSPS) is 10.4. The topological polar surface area (TPSA) is 43.4 Å². The van der Waals surface area contributed by atoms with Gasteiger partial charge in [0, 0.05) is 11.6 Å². The van der Waals surface area contributed by atoms with Crippen LogP contribution in [0.15, 0.2) is 36.4 Å². The summed E-state index contributed by atoms with van der Waals surface area (Å²) in [6, 6.07) is 7.35. The molecule has 3 nitrogen and oxygen atoms in total. The molecule has 0 spiro atoms. The fourth-order valence-electron chi connectivity index (χ4n) is 1.39. The molecule has 0 aliphatic carbocycles. The molecule has 3 heteroatoms. The highest BCUT2D eigenvalue weighted by Crippen LogP contribution is 2.10. The molecule has 0 atom stereocenters. The largest absolute Gasteiger partial charge is 0.466 e. The summed E-state index contributed by atoms with van der Waals surface area (Å²) in [4.78, 5) is 22.1. The van der Waals surface area contributed by atoms with E-state index in [-0.39, 0.29) is 11.8 Å². The number of hydrogen-bond donors (Lipinski definition) is 0. The van der Waals surface area contributed by atoms with Gasteiger partial charge in [-0.25, -0.2) is 4.79 Å². The number of hydrogen-bond acceptors (Lipinski definition) is 3. The Morgan fingerprint density at radius 1 is 1.31 bits per heavy atom. The van der Waals surface area contributed by atoms with Gasteiger partial charge in [0.15, 0.2) is 5.78 Å². The number of ketones is 1. The zero-order chi connectivity index (χ0) is 12.0. The van der Waals surface area contributed by atoms with Crippen LogP contribution in [0.4, 0.5) is 0 Å². The molecule has 0 aliphatic rings. The molecular weight excluding hydrogens is 204 g/mol. The Bertz CT molecular complexity index is 419. The van der Waals surface area contributed by atoms with Crippen LogP contribution in [-0.4, -0.2) is 18.9 Å². The molecule has 0 bridgehead atoms. The summed E-state index contributed by atoms with van der Waals surface area (Å²) in [7, 11) is 1.33. The molecule has 0 N–H and O–H groups in total. The van der Waals surface area contributed by atoms with Crippen LogP contribution in [0, 0.1) is 0 Å². The average molecular weight is 218 g/mol. The predicted octanol–water partition coefficient (Wildman–Crippen LogP) is 2.16. The minimum atomic E-state index is -0.389. The maximum atomic E-state index is 11.3. The summed E-state index contributed by atoms with van der Waals surface area (Å²) in [5, 5.41) is 0. The first-order valence-electron chi connectivity index (χ1n) is 4.98. The second kappa shape index (κ2) is 5.85. The molecule has 0 aromatic heterocycles. The van der Waals surface area contributed by atoms with E-state index in [2.05, 4.69) is 4.74 Å². The molecule has 0 saturated heterocycles. The van der Waals surface area contributed by atoms with Gasteiger partial charge >= 0.3 is 5.97 Å². The predicted molar refractivity (Wildman–Crippen MR) is 61.3 cm³/mol. The number of benzene rings is 1. The third kappa shape index (κ3) is 3.35. The molecule has 0 heterocycles. The zero-order valence-corrected chi connectivity index (χ0v) is 9.40. The van der Waals surface area contributed by atoms with E-state index in [9.17, 15) is 9.59 Å². The number of allylic oxidation sites excluding steroid dienone is 1. The molecule has 1 rings (SSSR count). The van der Waals surface area contributed by atoms with Gasteiger partial charge in [0.25, 0.3) is 0 Å². The summed E-state index contributed by atoms with van der Waals surface area (Å²) in [5.74, 6) is -0.359. The zero-order valence-electron chi connectivity index (χ0n) is 9.40. The van der Waals surface area contributed by atoms with Gasteiger partial charge in [-0.3, -0.25) is 4.79 Å². The number of ether oxygens (including phenoxy) is 1. The summed E-state index contributed by atoms with van der Waals surface area (Å²) >= 11 is 0. The number of carbonyl (C=O) groups is 2. The van der Waals surface area contributed by atoms with Crippen LogP contribution < -0.4 is 0 Å². The SMILES string of the molecule is COC(=O)/C=C/Cc1ccccc1C(C)=O. The van der Waals surface area contributed by atoms with Gasteiger partial charge in [0.05, 0.1) is 7.11 Å². The first-order valence-corrected chi connectivity index (χ1v) is 4.98. The third-order valence-corrected chi connectivity index (χ3v) is 2.19. The number of rotatable bonds is 4. The minimum Gasteiger partial charge on any atom is -0.466 e. The van der Waals surface area contributed by atoms with Gasteiger partial charge < -0.3 is 4.74 Å². The highest BCUT2D eigenvalue weighted by molar-refractivity contribution is 5.95. The van der Waals surface area contributed by atoms with Crippen molar-refractivity contribution >= 4 is 11.8 Å². The van der Waals surface area contributed by atoms with E-state index in [1.165, 1.54) is 20.1 Å². The number of esters is 1. The fraction of sp³-hybridized carbons (Fsp3) is 0.231. The number of carbonyl (C=O) groups excluding carboxylic acids is 2. The van der Waals surface area contributed by atoms with Gasteiger partial charge in [-0.2, -0.15) is 0 Å². The van der Waals surface area contributed by atoms with Gasteiger partial charge in [-0.1, -0.05) is 30.3 Å². The lowest BCUT2D eigenvalue weighted by Gasteiger charge is -2.02. The van der Waals surface area contributed by atoms with Crippen molar-refractivity contribution in [2.24, 2.45) is 0 Å². The maximum absolute atomic E-state index is 11.3. The van der Waals surface area contributed by atoms with Crippen LogP contribution in [0.3, 0.4) is 0 Å². The van der Waals surface area contributed by atoms with Crippen molar-refractivity contribution in [3.05, 3.63) is 47.5 Å². The Balaban J connectivity index is 2.77. The van der Waals surface area contributed by atoms with Crippen molar-refractivity contribution in [3.63, 3.8) is 0 Å². The minimum absolute atomic E-state index is 0.0297. The van der Waals surface area contributed by atoms with E-state index in [1.54, 1.807) is 12.1 Å². The van der Waals surface area contributed by atoms with Crippen LogP contribution in [0.2, 0.25) is 0 Å². The average Bonchev–Trinajstić information content (AvgIpc) is 2.29. The fourth-order valence-corrected chi connectivity index (χ4v) is 1.39. The second-order valence-electron chi connectivity index (χ2n) is 3.34. The van der Waals surface area contributed by atoms with Crippen LogP contribution in [0.5, 0.6) is 0 Å². The molecule has 0 unspecified atom stereocenters. The summed E-state index contributed by atoms with van der Waals surface area (Å²) in [6.07, 6.45) is 3.59. The molecule has 16 heavy (non-hydrogen) atoms. The van der Waals surface area contributed by atoms with Crippen molar-refractivity contribution in [2.75, 3.05) is 7.11 Å². The van der Waals surface area contributed by atoms with E-state index < -0.39 is 0 Å². The molecule has 0 radical (unpaired) electrons. The van der Waals surface area contributed by atoms with E-state index in [4.69, 9.17) is 0 Å². The maximum Gasteiger partial charge on any atom is 0.330 e. The molecule has 0 amide bonds. The monoisotopic (exact) mass is 218 g/mol.